The molecule has 2 heteroatoms. The Bertz CT molecular complexity index is 276. The summed E-state index contributed by atoms with van der Waals surface area (Å²) in [6, 6.07) is 0. The van der Waals surface area contributed by atoms with Gasteiger partial charge in [0.1, 0.15) is 0 Å². The van der Waals surface area contributed by atoms with Gasteiger partial charge < -0.3 is 5.73 Å². The highest BCUT2D eigenvalue weighted by Gasteiger charge is 2.41. The van der Waals surface area contributed by atoms with Crippen molar-refractivity contribution in [3.05, 3.63) is 0 Å². The highest BCUT2D eigenvalue weighted by molar-refractivity contribution is 4.97. The molecule has 2 fully saturated rings. The topological polar surface area (TPSA) is 29.3 Å². The van der Waals surface area contributed by atoms with Crippen LogP contribution in [0.5, 0.6) is 0 Å². The molecule has 1 aliphatic heterocycles. The van der Waals surface area contributed by atoms with Crippen LogP contribution in [0.15, 0.2) is 0 Å². The van der Waals surface area contributed by atoms with Crippen LogP contribution in [0.4, 0.5) is 0 Å². The Hall–Kier alpha value is -0.0800. The van der Waals surface area contributed by atoms with Gasteiger partial charge in [0, 0.05) is 18.6 Å². The molecule has 0 aromatic carbocycles. The van der Waals surface area contributed by atoms with Crippen molar-refractivity contribution in [3.63, 3.8) is 0 Å². The molecule has 0 spiro atoms. The molecule has 2 aliphatic rings. The van der Waals surface area contributed by atoms with Gasteiger partial charge in [-0.15, -0.1) is 0 Å². The Morgan fingerprint density at radius 3 is 2.58 bits per heavy atom. The number of hydrogen-bond acceptors (Lipinski definition) is 2. The van der Waals surface area contributed by atoms with E-state index in [4.69, 9.17) is 5.73 Å². The molecule has 0 radical (unpaired) electrons. The second kappa shape index (κ2) is 6.58. The lowest BCUT2D eigenvalue weighted by Gasteiger charge is -2.41. The predicted molar refractivity (Wildman–Crippen MR) is 83.2 cm³/mol. The van der Waals surface area contributed by atoms with E-state index < -0.39 is 0 Å². The van der Waals surface area contributed by atoms with E-state index in [-0.39, 0.29) is 0 Å². The summed E-state index contributed by atoms with van der Waals surface area (Å²) in [6.07, 6.45) is 9.64. The van der Waals surface area contributed by atoms with Crippen molar-refractivity contribution < 1.29 is 0 Å². The number of nitrogens with two attached hydrogens (primary N) is 1. The fraction of sp³-hybridized carbons (Fsp3) is 1.00. The van der Waals surface area contributed by atoms with E-state index in [1.54, 1.807) is 0 Å². The lowest BCUT2D eigenvalue weighted by Crippen LogP contribution is -2.52. The third-order valence-corrected chi connectivity index (χ3v) is 6.07. The van der Waals surface area contributed by atoms with Gasteiger partial charge in [-0.3, -0.25) is 4.90 Å². The number of hydrogen-bond donors (Lipinski definition) is 1. The van der Waals surface area contributed by atoms with E-state index in [0.29, 0.717) is 5.54 Å². The average molecular weight is 266 g/mol. The first-order chi connectivity index (χ1) is 9.11. The van der Waals surface area contributed by atoms with Gasteiger partial charge in [-0.2, -0.15) is 0 Å². The summed E-state index contributed by atoms with van der Waals surface area (Å²) < 4.78 is 0. The molecule has 0 amide bonds. The van der Waals surface area contributed by atoms with E-state index in [1.165, 1.54) is 58.0 Å². The molecule has 2 N–H and O–H groups in total. The van der Waals surface area contributed by atoms with Gasteiger partial charge in [0.2, 0.25) is 0 Å². The van der Waals surface area contributed by atoms with Crippen molar-refractivity contribution in [2.75, 3.05) is 19.6 Å². The molecule has 0 bridgehead atoms. The first kappa shape index (κ1) is 15.3. The van der Waals surface area contributed by atoms with Crippen molar-refractivity contribution in [2.24, 2.45) is 23.5 Å². The van der Waals surface area contributed by atoms with Crippen LogP contribution in [0.1, 0.15) is 65.7 Å². The van der Waals surface area contributed by atoms with Crippen molar-refractivity contribution in [2.45, 2.75) is 71.3 Å². The normalized spacial score (nSPS) is 37.7. The zero-order chi connectivity index (χ0) is 13.9. The molecule has 1 aliphatic carbocycles. The van der Waals surface area contributed by atoms with E-state index in [0.717, 1.165) is 24.3 Å². The van der Waals surface area contributed by atoms with Crippen LogP contribution < -0.4 is 5.73 Å². The lowest BCUT2D eigenvalue weighted by molar-refractivity contribution is 0.0967. The Labute approximate surface area is 120 Å². The van der Waals surface area contributed by atoms with Gasteiger partial charge in [-0.1, -0.05) is 40.0 Å². The van der Waals surface area contributed by atoms with Gasteiger partial charge in [0.15, 0.2) is 0 Å². The molecule has 2 rings (SSSR count). The summed E-state index contributed by atoms with van der Waals surface area (Å²) in [5.74, 6) is 2.68. The summed E-state index contributed by atoms with van der Waals surface area (Å²) in [5.41, 5.74) is 6.60. The van der Waals surface area contributed by atoms with Crippen LogP contribution in [0.2, 0.25) is 0 Å². The van der Waals surface area contributed by atoms with Crippen molar-refractivity contribution >= 4 is 0 Å². The monoisotopic (exact) mass is 266 g/mol. The minimum Gasteiger partial charge on any atom is -0.329 e. The van der Waals surface area contributed by atoms with Crippen LogP contribution in [-0.4, -0.2) is 30.1 Å². The average Bonchev–Trinajstić information content (AvgIpc) is 2.81. The molecule has 1 saturated carbocycles. The summed E-state index contributed by atoms with van der Waals surface area (Å²) in [7, 11) is 0. The smallest absolute Gasteiger partial charge is 0.0331 e. The van der Waals surface area contributed by atoms with Crippen LogP contribution in [-0.2, 0) is 0 Å². The fourth-order valence-corrected chi connectivity index (χ4v) is 4.28. The fourth-order valence-electron chi connectivity index (χ4n) is 4.28. The molecule has 0 aromatic rings. The predicted octanol–water partition coefficient (Wildman–Crippen LogP) is 3.65. The zero-order valence-corrected chi connectivity index (χ0v) is 13.3. The molecule has 19 heavy (non-hydrogen) atoms. The summed E-state index contributed by atoms with van der Waals surface area (Å²) >= 11 is 0. The summed E-state index contributed by atoms with van der Waals surface area (Å²) in [4.78, 5) is 2.77. The molecule has 3 atom stereocenters. The second-order valence-electron chi connectivity index (χ2n) is 7.37. The SMILES string of the molecule is CCC1CCCC(CN)(N2CCC(C(C)C)C2)CC1. The molecule has 1 heterocycles. The molecule has 2 nitrogen and oxygen atoms in total. The van der Waals surface area contributed by atoms with E-state index in [2.05, 4.69) is 25.7 Å². The minimum absolute atomic E-state index is 0.341. The van der Waals surface area contributed by atoms with E-state index in [1.807, 2.05) is 0 Å². The van der Waals surface area contributed by atoms with Crippen molar-refractivity contribution in [3.8, 4) is 0 Å². The van der Waals surface area contributed by atoms with Crippen LogP contribution in [0, 0.1) is 17.8 Å². The molecular weight excluding hydrogens is 232 g/mol. The van der Waals surface area contributed by atoms with Gasteiger partial charge >= 0.3 is 0 Å². The highest BCUT2D eigenvalue weighted by atomic mass is 15.2. The molecule has 3 unspecified atom stereocenters. The number of likely N-dealkylation sites (tertiary alicyclic amines) is 1. The third-order valence-electron chi connectivity index (χ3n) is 6.07. The van der Waals surface area contributed by atoms with Crippen LogP contribution in [0.25, 0.3) is 0 Å². The molecule has 0 aromatic heterocycles. The summed E-state index contributed by atoms with van der Waals surface area (Å²) in [6.45, 7) is 10.6. The number of rotatable bonds is 4. The van der Waals surface area contributed by atoms with Gasteiger partial charge in [0.05, 0.1) is 0 Å². The van der Waals surface area contributed by atoms with Gasteiger partial charge in [-0.05, 0) is 50.0 Å². The standard InChI is InChI=1S/C17H34N2/c1-4-15-6-5-9-17(13-18,10-7-15)19-11-8-16(12-19)14(2)3/h14-16H,4-13,18H2,1-3H3. The van der Waals surface area contributed by atoms with Crippen LogP contribution in [0.3, 0.4) is 0 Å². The van der Waals surface area contributed by atoms with Gasteiger partial charge in [0.25, 0.3) is 0 Å². The first-order valence-corrected chi connectivity index (χ1v) is 8.56. The highest BCUT2D eigenvalue weighted by Crippen LogP contribution is 2.39. The maximum absolute atomic E-state index is 6.25. The quantitative estimate of drug-likeness (QED) is 0.787. The maximum atomic E-state index is 6.25. The summed E-state index contributed by atoms with van der Waals surface area (Å²) in [5, 5.41) is 0. The Morgan fingerprint density at radius 1 is 1.21 bits per heavy atom. The lowest BCUT2D eigenvalue weighted by atomic mass is 9.87. The molecular formula is C17H34N2. The largest absolute Gasteiger partial charge is 0.329 e. The molecule has 1 saturated heterocycles. The third kappa shape index (κ3) is 3.33. The van der Waals surface area contributed by atoms with Gasteiger partial charge in [-0.25, -0.2) is 0 Å². The maximum Gasteiger partial charge on any atom is 0.0331 e. The minimum atomic E-state index is 0.341. The second-order valence-corrected chi connectivity index (χ2v) is 7.37. The van der Waals surface area contributed by atoms with Crippen LogP contribution >= 0.6 is 0 Å². The Balaban J connectivity index is 2.02. The Morgan fingerprint density at radius 2 is 2.00 bits per heavy atom. The van der Waals surface area contributed by atoms with E-state index >= 15 is 0 Å². The zero-order valence-electron chi connectivity index (χ0n) is 13.3. The van der Waals surface area contributed by atoms with E-state index in [9.17, 15) is 0 Å². The Kier molecular flexibility index (Phi) is 5.30. The van der Waals surface area contributed by atoms with Crippen molar-refractivity contribution in [1.82, 2.24) is 4.90 Å². The first-order valence-electron chi connectivity index (χ1n) is 8.56. The molecule has 112 valence electrons. The van der Waals surface area contributed by atoms with Crippen molar-refractivity contribution in [1.29, 1.82) is 0 Å². The number of nitrogens with zero attached hydrogens (tertiary/aromatic N) is 1.